The lowest BCUT2D eigenvalue weighted by molar-refractivity contribution is 0.154. The van der Waals surface area contributed by atoms with E-state index in [1.807, 2.05) is 6.92 Å². The van der Waals surface area contributed by atoms with Gasteiger partial charge in [0.25, 0.3) is 0 Å². The summed E-state index contributed by atoms with van der Waals surface area (Å²) < 4.78 is 0. The number of hydrogen-bond acceptors (Lipinski definition) is 5. The minimum absolute atomic E-state index is 0. The average Bonchev–Trinajstić information content (AvgIpc) is 2.52. The highest BCUT2D eigenvalue weighted by molar-refractivity contribution is 5.85. The molecule has 0 aliphatic carbocycles. The predicted molar refractivity (Wildman–Crippen MR) is 102 cm³/mol. The zero-order valence-corrected chi connectivity index (χ0v) is 16.4. The SMILES string of the molecule is Cc1ncc(CO)c([C@@H](CCC(C)C)N2CCNCC2)c1O.Cl.Cl. The van der Waals surface area contributed by atoms with E-state index in [0.29, 0.717) is 11.6 Å². The first-order valence-corrected chi connectivity index (χ1v) is 8.27. The van der Waals surface area contributed by atoms with Crippen molar-refractivity contribution in [2.75, 3.05) is 26.2 Å². The molecule has 1 atom stereocenters. The van der Waals surface area contributed by atoms with Gasteiger partial charge in [0.15, 0.2) is 0 Å². The van der Waals surface area contributed by atoms with Gasteiger partial charge in [0.2, 0.25) is 0 Å². The van der Waals surface area contributed by atoms with Gasteiger partial charge in [-0.3, -0.25) is 9.88 Å². The average molecular weight is 380 g/mol. The van der Waals surface area contributed by atoms with Crippen molar-refractivity contribution in [1.82, 2.24) is 15.2 Å². The Balaban J connectivity index is 0.00000264. The minimum Gasteiger partial charge on any atom is -0.506 e. The number of nitrogens with one attached hydrogen (secondary N) is 1. The molecule has 0 bridgehead atoms. The highest BCUT2D eigenvalue weighted by atomic mass is 35.5. The number of piperazine rings is 1. The summed E-state index contributed by atoms with van der Waals surface area (Å²) in [7, 11) is 0. The first kappa shape index (κ1) is 23.4. The van der Waals surface area contributed by atoms with Crippen molar-refractivity contribution in [3.8, 4) is 5.75 Å². The van der Waals surface area contributed by atoms with Crippen LogP contribution in [0.1, 0.15) is 49.6 Å². The smallest absolute Gasteiger partial charge is 0.141 e. The Morgan fingerprint density at radius 1 is 1.21 bits per heavy atom. The summed E-state index contributed by atoms with van der Waals surface area (Å²) in [5.41, 5.74) is 2.25. The topological polar surface area (TPSA) is 68.6 Å². The van der Waals surface area contributed by atoms with Gasteiger partial charge in [0.05, 0.1) is 12.3 Å². The van der Waals surface area contributed by atoms with Crippen molar-refractivity contribution in [3.05, 3.63) is 23.0 Å². The Labute approximate surface area is 157 Å². The molecule has 1 aromatic heterocycles. The van der Waals surface area contributed by atoms with Crippen LogP contribution in [0.4, 0.5) is 0 Å². The van der Waals surface area contributed by atoms with Crippen LogP contribution in [0.3, 0.4) is 0 Å². The van der Waals surface area contributed by atoms with Gasteiger partial charge in [-0.15, -0.1) is 24.8 Å². The van der Waals surface area contributed by atoms with E-state index >= 15 is 0 Å². The van der Waals surface area contributed by atoms with E-state index in [2.05, 4.69) is 29.0 Å². The van der Waals surface area contributed by atoms with Crippen molar-refractivity contribution in [2.45, 2.75) is 46.3 Å². The number of hydrogen-bond donors (Lipinski definition) is 3. The Bertz CT molecular complexity index is 495. The number of aromatic hydroxyl groups is 1. The number of aliphatic hydroxyl groups excluding tert-OH is 1. The summed E-state index contributed by atoms with van der Waals surface area (Å²) in [6.45, 7) is 10.0. The van der Waals surface area contributed by atoms with Crippen LogP contribution in [-0.4, -0.2) is 46.3 Å². The van der Waals surface area contributed by atoms with Gasteiger partial charge in [0, 0.05) is 49.5 Å². The van der Waals surface area contributed by atoms with E-state index in [1.54, 1.807) is 6.20 Å². The van der Waals surface area contributed by atoms with Gasteiger partial charge < -0.3 is 15.5 Å². The monoisotopic (exact) mass is 379 g/mol. The van der Waals surface area contributed by atoms with Gasteiger partial charge in [0.1, 0.15) is 5.75 Å². The van der Waals surface area contributed by atoms with E-state index in [1.165, 1.54) is 0 Å². The lowest BCUT2D eigenvalue weighted by atomic mass is 9.92. The molecule has 1 aliphatic heterocycles. The van der Waals surface area contributed by atoms with Crippen LogP contribution in [0.5, 0.6) is 5.75 Å². The molecule has 2 rings (SSSR count). The van der Waals surface area contributed by atoms with Crippen molar-refractivity contribution < 1.29 is 10.2 Å². The Hall–Kier alpha value is -0.590. The molecule has 7 heteroatoms. The maximum Gasteiger partial charge on any atom is 0.141 e. The molecule has 5 nitrogen and oxygen atoms in total. The summed E-state index contributed by atoms with van der Waals surface area (Å²) in [6, 6.07) is 0.147. The summed E-state index contributed by atoms with van der Waals surface area (Å²) in [5, 5.41) is 23.6. The highest BCUT2D eigenvalue weighted by Crippen LogP contribution is 2.37. The Kier molecular flexibility index (Phi) is 10.8. The van der Waals surface area contributed by atoms with Crippen molar-refractivity contribution in [3.63, 3.8) is 0 Å². The number of nitrogens with zero attached hydrogens (tertiary/aromatic N) is 2. The molecule has 24 heavy (non-hydrogen) atoms. The third kappa shape index (κ3) is 5.74. The molecular weight excluding hydrogens is 349 g/mol. The zero-order valence-electron chi connectivity index (χ0n) is 14.8. The molecule has 3 N–H and O–H groups in total. The maximum absolute atomic E-state index is 10.6. The Morgan fingerprint density at radius 3 is 2.38 bits per heavy atom. The fraction of sp³-hybridized carbons (Fsp3) is 0.706. The molecule has 0 unspecified atom stereocenters. The van der Waals surface area contributed by atoms with Gasteiger partial charge in [-0.25, -0.2) is 0 Å². The zero-order chi connectivity index (χ0) is 16.1. The number of aliphatic hydroxyl groups is 1. The van der Waals surface area contributed by atoms with Gasteiger partial charge >= 0.3 is 0 Å². The minimum atomic E-state index is -0.0829. The Morgan fingerprint density at radius 2 is 1.83 bits per heavy atom. The standard InChI is InChI=1S/C17H29N3O2.2ClH/c1-12(2)4-5-15(20-8-6-18-7-9-20)16-14(11-21)10-19-13(3)17(16)22;;/h10,12,15,18,21-22H,4-9,11H2,1-3H3;2*1H/t15-;;/m1../s1. The van der Waals surface area contributed by atoms with Crippen LogP contribution in [0.2, 0.25) is 0 Å². The fourth-order valence-corrected chi connectivity index (χ4v) is 3.14. The van der Waals surface area contributed by atoms with Gasteiger partial charge in [-0.1, -0.05) is 13.8 Å². The number of pyridine rings is 1. The quantitative estimate of drug-likeness (QED) is 0.708. The highest BCUT2D eigenvalue weighted by Gasteiger charge is 2.27. The molecule has 0 saturated carbocycles. The van der Waals surface area contributed by atoms with Crippen LogP contribution in [0, 0.1) is 12.8 Å². The fourth-order valence-electron chi connectivity index (χ4n) is 3.14. The van der Waals surface area contributed by atoms with Crippen LogP contribution >= 0.6 is 24.8 Å². The third-order valence-electron chi connectivity index (χ3n) is 4.47. The first-order chi connectivity index (χ1) is 10.5. The summed E-state index contributed by atoms with van der Waals surface area (Å²) in [4.78, 5) is 6.62. The van der Waals surface area contributed by atoms with Gasteiger partial charge in [-0.2, -0.15) is 0 Å². The molecule has 1 fully saturated rings. The molecule has 1 aliphatic rings. The van der Waals surface area contributed by atoms with Crippen molar-refractivity contribution in [1.29, 1.82) is 0 Å². The molecule has 0 amide bonds. The third-order valence-corrected chi connectivity index (χ3v) is 4.47. The molecule has 1 aromatic rings. The van der Waals surface area contributed by atoms with Crippen LogP contribution in [-0.2, 0) is 6.61 Å². The van der Waals surface area contributed by atoms with Gasteiger partial charge in [-0.05, 0) is 25.7 Å². The first-order valence-electron chi connectivity index (χ1n) is 8.27. The van der Waals surface area contributed by atoms with Crippen LogP contribution in [0.25, 0.3) is 0 Å². The second kappa shape index (κ2) is 11.1. The van der Waals surface area contributed by atoms with Crippen LogP contribution < -0.4 is 5.32 Å². The van der Waals surface area contributed by atoms with Crippen molar-refractivity contribution in [2.24, 2.45) is 5.92 Å². The maximum atomic E-state index is 10.6. The van der Waals surface area contributed by atoms with Crippen molar-refractivity contribution >= 4 is 24.8 Å². The second-order valence-corrected chi connectivity index (χ2v) is 6.56. The van der Waals surface area contributed by atoms with E-state index in [9.17, 15) is 10.2 Å². The normalized spacial score (nSPS) is 16.4. The van der Waals surface area contributed by atoms with E-state index in [4.69, 9.17) is 0 Å². The number of aryl methyl sites for hydroxylation is 1. The molecular formula is C17H31Cl2N3O2. The summed E-state index contributed by atoms with van der Waals surface area (Å²) in [5.74, 6) is 0.868. The predicted octanol–water partition coefficient (Wildman–Crippen LogP) is 2.81. The lowest BCUT2D eigenvalue weighted by Gasteiger charge is -2.36. The molecule has 0 aromatic carbocycles. The summed E-state index contributed by atoms with van der Waals surface area (Å²) >= 11 is 0. The second-order valence-electron chi connectivity index (χ2n) is 6.56. The number of aromatic nitrogens is 1. The molecule has 140 valence electrons. The van der Waals surface area contributed by atoms with Crippen LogP contribution in [0.15, 0.2) is 6.20 Å². The number of rotatable bonds is 6. The molecule has 1 saturated heterocycles. The lowest BCUT2D eigenvalue weighted by Crippen LogP contribution is -2.45. The van der Waals surface area contributed by atoms with E-state index in [0.717, 1.165) is 50.1 Å². The van der Waals surface area contributed by atoms with E-state index in [-0.39, 0.29) is 43.2 Å². The molecule has 2 heterocycles. The largest absolute Gasteiger partial charge is 0.506 e. The van der Waals surface area contributed by atoms with E-state index < -0.39 is 0 Å². The summed E-state index contributed by atoms with van der Waals surface area (Å²) in [6.07, 6.45) is 3.79. The molecule has 0 radical (unpaired) electrons. The molecule has 0 spiro atoms. The number of halogens is 2.